The van der Waals surface area contributed by atoms with Crippen LogP contribution in [-0.4, -0.2) is 55.5 Å². The molecule has 6 rings (SSSR count). The van der Waals surface area contributed by atoms with Gasteiger partial charge < -0.3 is 29.4 Å². The van der Waals surface area contributed by atoms with Crippen LogP contribution in [0.15, 0.2) is 12.1 Å². The summed E-state index contributed by atoms with van der Waals surface area (Å²) >= 11 is 0. The second-order valence-corrected chi connectivity index (χ2v) is 8.79. The lowest BCUT2D eigenvalue weighted by Gasteiger charge is -2.53. The van der Waals surface area contributed by atoms with Gasteiger partial charge in [-0.25, -0.2) is 0 Å². The van der Waals surface area contributed by atoms with Crippen LogP contribution in [0.3, 0.4) is 0 Å². The maximum atomic E-state index is 11.9. The van der Waals surface area contributed by atoms with Gasteiger partial charge in [0.2, 0.25) is 5.79 Å². The number of nitrogens with one attached hydrogen (secondary N) is 1. The van der Waals surface area contributed by atoms with Crippen molar-refractivity contribution in [1.29, 1.82) is 0 Å². The number of hydrogen-bond donors (Lipinski definition) is 2. The van der Waals surface area contributed by atoms with Gasteiger partial charge in [0.15, 0.2) is 17.6 Å². The molecule has 1 saturated heterocycles. The third-order valence-electron chi connectivity index (χ3n) is 7.33. The van der Waals surface area contributed by atoms with Gasteiger partial charge in [0.05, 0.1) is 31.8 Å². The molecule has 2 aliphatic heterocycles. The molecule has 2 heterocycles. The predicted molar refractivity (Wildman–Crippen MR) is 97.2 cm³/mol. The van der Waals surface area contributed by atoms with Gasteiger partial charge >= 0.3 is 0 Å². The molecule has 0 amide bonds. The Kier molecular flexibility index (Phi) is 3.44. The van der Waals surface area contributed by atoms with E-state index >= 15 is 0 Å². The Bertz CT molecular complexity index is 772. The maximum absolute atomic E-state index is 11.9. The second-order valence-electron chi connectivity index (χ2n) is 8.79. The third kappa shape index (κ3) is 2.21. The van der Waals surface area contributed by atoms with Crippen molar-refractivity contribution in [2.24, 2.45) is 5.92 Å². The van der Waals surface area contributed by atoms with Gasteiger partial charge in [0, 0.05) is 18.0 Å². The monoisotopic (exact) mass is 373 g/mol. The molecule has 0 bridgehead atoms. The van der Waals surface area contributed by atoms with Gasteiger partial charge in [-0.2, -0.15) is 0 Å². The van der Waals surface area contributed by atoms with Crippen molar-refractivity contribution in [1.82, 2.24) is 5.32 Å². The van der Waals surface area contributed by atoms with Gasteiger partial charge in [-0.1, -0.05) is 6.07 Å². The summed E-state index contributed by atoms with van der Waals surface area (Å²) in [6, 6.07) is 4.14. The van der Waals surface area contributed by atoms with E-state index in [9.17, 15) is 5.11 Å². The molecule has 4 atom stereocenters. The van der Waals surface area contributed by atoms with Gasteiger partial charge in [0.25, 0.3) is 0 Å². The highest BCUT2D eigenvalue weighted by atomic mass is 16.8. The zero-order chi connectivity index (χ0) is 18.2. The largest absolute Gasteiger partial charge is 0.493 e. The molecule has 146 valence electrons. The minimum Gasteiger partial charge on any atom is -0.493 e. The summed E-state index contributed by atoms with van der Waals surface area (Å²) in [4.78, 5) is 0. The van der Waals surface area contributed by atoms with Crippen molar-refractivity contribution in [3.63, 3.8) is 0 Å². The molecular weight excluding hydrogens is 346 g/mol. The highest BCUT2D eigenvalue weighted by Gasteiger charge is 2.67. The quantitative estimate of drug-likeness (QED) is 0.838. The summed E-state index contributed by atoms with van der Waals surface area (Å²) in [5.41, 5.74) is 1.49. The average Bonchev–Trinajstić information content (AvgIpc) is 3.21. The zero-order valence-electron chi connectivity index (χ0n) is 15.7. The maximum Gasteiger partial charge on any atom is 0.206 e. The first kappa shape index (κ1) is 16.6. The molecule has 3 aliphatic carbocycles. The Morgan fingerprint density at radius 3 is 2.78 bits per heavy atom. The molecule has 5 aliphatic rings. The molecule has 2 saturated carbocycles. The number of fused-ring (bicyclic) bond motifs is 1. The fourth-order valence-corrected chi connectivity index (χ4v) is 5.74. The Morgan fingerprint density at radius 2 is 2.04 bits per heavy atom. The van der Waals surface area contributed by atoms with E-state index in [1.807, 2.05) is 6.07 Å². The van der Waals surface area contributed by atoms with Crippen molar-refractivity contribution in [2.75, 3.05) is 26.9 Å². The molecule has 6 heteroatoms. The summed E-state index contributed by atoms with van der Waals surface area (Å²) in [5.74, 6) is 1.35. The van der Waals surface area contributed by atoms with E-state index in [0.29, 0.717) is 26.1 Å². The Hall–Kier alpha value is -1.34. The van der Waals surface area contributed by atoms with Gasteiger partial charge in [-0.3, -0.25) is 0 Å². The van der Waals surface area contributed by atoms with Gasteiger partial charge in [-0.05, 0) is 49.8 Å². The molecule has 0 radical (unpaired) electrons. The highest BCUT2D eigenvalue weighted by Crippen LogP contribution is 2.61. The van der Waals surface area contributed by atoms with Crippen molar-refractivity contribution in [3.8, 4) is 11.5 Å². The summed E-state index contributed by atoms with van der Waals surface area (Å²) in [5, 5.41) is 15.6. The first-order valence-corrected chi connectivity index (χ1v) is 10.2. The van der Waals surface area contributed by atoms with Crippen LogP contribution in [0.5, 0.6) is 11.5 Å². The summed E-state index contributed by atoms with van der Waals surface area (Å²) in [6.07, 6.45) is 4.38. The first-order valence-electron chi connectivity index (χ1n) is 10.2. The fourth-order valence-electron chi connectivity index (χ4n) is 5.74. The first-order chi connectivity index (χ1) is 13.1. The number of benzene rings is 1. The third-order valence-corrected chi connectivity index (χ3v) is 7.33. The predicted octanol–water partition coefficient (Wildman–Crippen LogP) is 1.73. The Balaban J connectivity index is 1.46. The van der Waals surface area contributed by atoms with Crippen LogP contribution in [0.2, 0.25) is 0 Å². The van der Waals surface area contributed by atoms with Crippen molar-refractivity contribution >= 4 is 0 Å². The lowest BCUT2D eigenvalue weighted by atomic mass is 9.60. The van der Waals surface area contributed by atoms with E-state index in [1.54, 1.807) is 7.11 Å². The topological polar surface area (TPSA) is 69.2 Å². The smallest absolute Gasteiger partial charge is 0.206 e. The number of hydrogen-bond acceptors (Lipinski definition) is 6. The molecule has 1 unspecified atom stereocenters. The van der Waals surface area contributed by atoms with Crippen molar-refractivity contribution in [2.45, 2.75) is 61.6 Å². The Labute approximate surface area is 159 Å². The minimum atomic E-state index is -0.856. The highest BCUT2D eigenvalue weighted by molar-refractivity contribution is 5.59. The lowest BCUT2D eigenvalue weighted by Crippen LogP contribution is -2.67. The van der Waals surface area contributed by atoms with E-state index in [1.165, 1.54) is 18.4 Å². The molecule has 1 aromatic rings. The number of aliphatic hydroxyl groups is 1. The van der Waals surface area contributed by atoms with E-state index in [2.05, 4.69) is 11.4 Å². The molecule has 1 aromatic carbocycles. The molecule has 1 spiro atoms. The zero-order valence-corrected chi connectivity index (χ0v) is 15.7. The molecule has 0 aromatic heterocycles. The van der Waals surface area contributed by atoms with Crippen LogP contribution in [0.25, 0.3) is 0 Å². The van der Waals surface area contributed by atoms with Gasteiger partial charge in [0.1, 0.15) is 0 Å². The molecule has 6 nitrogen and oxygen atoms in total. The standard InChI is InChI=1S/C21H27NO5/c1-24-14-5-4-13-10-15(22-11-12-2-3-12)20(23)6-7-21(25-8-9-26-21)19-17(20)16(13)18(14)27-19/h4-5,12,15,17,19,22-23H,2-3,6-11H2,1H3/t15?,17-,19+,20+/m0/s1. The van der Waals surface area contributed by atoms with Crippen LogP contribution in [0, 0.1) is 5.92 Å². The normalized spacial score (nSPS) is 37.9. The summed E-state index contributed by atoms with van der Waals surface area (Å²) in [7, 11) is 1.66. The van der Waals surface area contributed by atoms with Crippen LogP contribution in [-0.2, 0) is 15.9 Å². The van der Waals surface area contributed by atoms with Crippen LogP contribution >= 0.6 is 0 Å². The number of methoxy groups -OCH3 is 1. The number of ether oxygens (including phenoxy) is 4. The van der Waals surface area contributed by atoms with E-state index in [4.69, 9.17) is 18.9 Å². The lowest BCUT2D eigenvalue weighted by molar-refractivity contribution is -0.259. The molecule has 3 fully saturated rings. The van der Waals surface area contributed by atoms with Crippen LogP contribution in [0.4, 0.5) is 0 Å². The van der Waals surface area contributed by atoms with Crippen molar-refractivity contribution < 1.29 is 24.1 Å². The fraction of sp³-hybridized carbons (Fsp3) is 0.714. The minimum absolute atomic E-state index is 0.0276. The van der Waals surface area contributed by atoms with Crippen molar-refractivity contribution in [3.05, 3.63) is 23.3 Å². The Morgan fingerprint density at radius 1 is 1.22 bits per heavy atom. The second kappa shape index (κ2) is 5.60. The number of rotatable bonds is 4. The summed E-state index contributed by atoms with van der Waals surface area (Å²) in [6.45, 7) is 2.14. The summed E-state index contributed by atoms with van der Waals surface area (Å²) < 4.78 is 24.2. The molecular formula is C21H27NO5. The van der Waals surface area contributed by atoms with Crippen LogP contribution < -0.4 is 14.8 Å². The van der Waals surface area contributed by atoms with E-state index in [-0.39, 0.29) is 18.1 Å². The average molecular weight is 373 g/mol. The molecule has 27 heavy (non-hydrogen) atoms. The molecule has 2 N–H and O–H groups in total. The SMILES string of the molecule is COc1ccc2c3c1O[C@@H]1[C@H]3[C@@](O)(CCC13OCCO3)C(NCC1CC1)C2. The van der Waals surface area contributed by atoms with E-state index < -0.39 is 11.4 Å². The van der Waals surface area contributed by atoms with Gasteiger partial charge in [-0.15, -0.1) is 0 Å². The van der Waals surface area contributed by atoms with Crippen LogP contribution in [0.1, 0.15) is 42.7 Å². The van der Waals surface area contributed by atoms with E-state index in [0.717, 1.165) is 35.9 Å².